The Kier molecular flexibility index (Phi) is 6.05. The minimum Gasteiger partial charge on any atom is -0.494 e. The number of benzene rings is 1. The highest BCUT2D eigenvalue weighted by atomic mass is 16.5. The number of nitrogens with two attached hydrogens (primary N) is 1. The summed E-state index contributed by atoms with van der Waals surface area (Å²) >= 11 is 0. The van der Waals surface area contributed by atoms with Crippen LogP contribution in [0.1, 0.15) is 44.6 Å². The first-order valence-electron chi connectivity index (χ1n) is 7.93. The third-order valence-corrected chi connectivity index (χ3v) is 4.10. The molecule has 2 rings (SSSR count). The molecule has 1 aliphatic rings. The molecule has 0 spiro atoms. The van der Waals surface area contributed by atoms with E-state index in [9.17, 15) is 4.79 Å². The molecule has 4 nitrogen and oxygen atoms in total. The van der Waals surface area contributed by atoms with Crippen molar-refractivity contribution in [2.75, 3.05) is 6.61 Å². The van der Waals surface area contributed by atoms with Crippen LogP contribution in [0.25, 0.3) is 0 Å². The van der Waals surface area contributed by atoms with Crippen molar-refractivity contribution in [3.05, 3.63) is 29.8 Å². The fraction of sp³-hybridized carbons (Fsp3) is 0.588. The first-order chi connectivity index (χ1) is 10.2. The average molecular weight is 290 g/mol. The van der Waals surface area contributed by atoms with Crippen molar-refractivity contribution < 1.29 is 9.53 Å². The van der Waals surface area contributed by atoms with E-state index in [0.717, 1.165) is 51.0 Å². The highest BCUT2D eigenvalue weighted by molar-refractivity contribution is 5.76. The fourth-order valence-electron chi connectivity index (χ4n) is 2.81. The van der Waals surface area contributed by atoms with Crippen LogP contribution in [0.4, 0.5) is 0 Å². The quantitative estimate of drug-likeness (QED) is 0.811. The maximum atomic E-state index is 11.2. The molecule has 1 fully saturated rings. The van der Waals surface area contributed by atoms with Crippen molar-refractivity contribution in [3.63, 3.8) is 0 Å². The number of hydrogen-bond donors (Lipinski definition) is 2. The molecule has 0 bridgehead atoms. The largest absolute Gasteiger partial charge is 0.494 e. The number of amides is 1. The van der Waals surface area contributed by atoms with Gasteiger partial charge >= 0.3 is 0 Å². The van der Waals surface area contributed by atoms with Crippen LogP contribution in [0.2, 0.25) is 0 Å². The molecular weight excluding hydrogens is 264 g/mol. The Morgan fingerprint density at radius 3 is 2.76 bits per heavy atom. The van der Waals surface area contributed by atoms with Gasteiger partial charge < -0.3 is 15.8 Å². The number of nitrogens with one attached hydrogen (secondary N) is 1. The Labute approximate surface area is 127 Å². The standard InChI is InChI=1S/C17H26N2O2/c1-2-10-21-16-5-3-4-13(11-16)12-19-15-8-6-14(7-9-15)17(18)20/h3-5,11,14-15,19H,2,6-10,12H2,1H3,(H2,18,20). The number of hydrogen-bond acceptors (Lipinski definition) is 3. The Balaban J connectivity index is 1.77. The lowest BCUT2D eigenvalue weighted by Crippen LogP contribution is -2.36. The molecular formula is C17H26N2O2. The predicted octanol–water partition coefficient (Wildman–Crippen LogP) is 2.61. The Morgan fingerprint density at radius 2 is 2.10 bits per heavy atom. The van der Waals surface area contributed by atoms with Crippen LogP contribution in [0.3, 0.4) is 0 Å². The van der Waals surface area contributed by atoms with E-state index in [0.29, 0.717) is 6.04 Å². The molecule has 116 valence electrons. The minimum absolute atomic E-state index is 0.0776. The average Bonchev–Trinajstić information content (AvgIpc) is 2.52. The van der Waals surface area contributed by atoms with E-state index in [4.69, 9.17) is 10.5 Å². The molecule has 0 aromatic heterocycles. The molecule has 4 heteroatoms. The summed E-state index contributed by atoms with van der Waals surface area (Å²) < 4.78 is 5.65. The summed E-state index contributed by atoms with van der Waals surface area (Å²) in [4.78, 5) is 11.2. The second kappa shape index (κ2) is 8.03. The van der Waals surface area contributed by atoms with E-state index in [1.54, 1.807) is 0 Å². The fourth-order valence-corrected chi connectivity index (χ4v) is 2.81. The molecule has 0 unspecified atom stereocenters. The summed E-state index contributed by atoms with van der Waals surface area (Å²) in [5.41, 5.74) is 6.60. The van der Waals surface area contributed by atoms with Gasteiger partial charge in [-0.25, -0.2) is 0 Å². The van der Waals surface area contributed by atoms with Gasteiger partial charge in [0.1, 0.15) is 5.75 Å². The van der Waals surface area contributed by atoms with Crippen molar-refractivity contribution in [1.29, 1.82) is 0 Å². The second-order valence-electron chi connectivity index (χ2n) is 5.83. The number of ether oxygens (including phenoxy) is 1. The first-order valence-corrected chi connectivity index (χ1v) is 7.93. The van der Waals surface area contributed by atoms with Crippen LogP contribution in [-0.4, -0.2) is 18.6 Å². The van der Waals surface area contributed by atoms with Gasteiger partial charge in [0.15, 0.2) is 0 Å². The summed E-state index contributed by atoms with van der Waals surface area (Å²) in [6, 6.07) is 8.72. The molecule has 0 heterocycles. The van der Waals surface area contributed by atoms with Crippen molar-refractivity contribution in [2.45, 2.75) is 51.6 Å². The lowest BCUT2D eigenvalue weighted by Gasteiger charge is -2.27. The van der Waals surface area contributed by atoms with Gasteiger partial charge in [0.05, 0.1) is 6.61 Å². The number of primary amides is 1. The lowest BCUT2D eigenvalue weighted by molar-refractivity contribution is -0.122. The molecule has 0 saturated heterocycles. The Morgan fingerprint density at radius 1 is 1.33 bits per heavy atom. The van der Waals surface area contributed by atoms with Gasteiger partial charge in [-0.2, -0.15) is 0 Å². The van der Waals surface area contributed by atoms with Crippen LogP contribution in [0.5, 0.6) is 5.75 Å². The molecule has 0 radical (unpaired) electrons. The van der Waals surface area contributed by atoms with Crippen molar-refractivity contribution >= 4 is 5.91 Å². The minimum atomic E-state index is -0.144. The van der Waals surface area contributed by atoms with E-state index < -0.39 is 0 Å². The van der Waals surface area contributed by atoms with Gasteiger partial charge in [0.25, 0.3) is 0 Å². The molecule has 21 heavy (non-hydrogen) atoms. The summed E-state index contributed by atoms with van der Waals surface area (Å²) in [6.45, 7) is 3.71. The van der Waals surface area contributed by atoms with E-state index in [1.807, 2.05) is 12.1 Å². The summed E-state index contributed by atoms with van der Waals surface area (Å²) in [6.07, 6.45) is 4.89. The van der Waals surface area contributed by atoms with Crippen LogP contribution in [0, 0.1) is 5.92 Å². The number of rotatable bonds is 7. The van der Waals surface area contributed by atoms with Gasteiger partial charge in [-0.3, -0.25) is 4.79 Å². The van der Waals surface area contributed by atoms with Crippen LogP contribution in [-0.2, 0) is 11.3 Å². The van der Waals surface area contributed by atoms with Gasteiger partial charge in [-0.15, -0.1) is 0 Å². The molecule has 1 aromatic carbocycles. The highest BCUT2D eigenvalue weighted by Crippen LogP contribution is 2.24. The highest BCUT2D eigenvalue weighted by Gasteiger charge is 2.24. The zero-order chi connectivity index (χ0) is 15.1. The van der Waals surface area contributed by atoms with Crippen molar-refractivity contribution in [2.24, 2.45) is 11.7 Å². The monoisotopic (exact) mass is 290 g/mol. The normalized spacial score (nSPS) is 22.0. The van der Waals surface area contributed by atoms with E-state index in [1.165, 1.54) is 5.56 Å². The molecule has 1 amide bonds. The van der Waals surface area contributed by atoms with Gasteiger partial charge in [-0.1, -0.05) is 19.1 Å². The predicted molar refractivity (Wildman–Crippen MR) is 84.0 cm³/mol. The summed E-state index contributed by atoms with van der Waals surface area (Å²) in [5, 5.41) is 3.57. The number of carbonyl (C=O) groups excluding carboxylic acids is 1. The van der Waals surface area contributed by atoms with Crippen LogP contribution in [0.15, 0.2) is 24.3 Å². The van der Waals surface area contributed by atoms with E-state index in [2.05, 4.69) is 24.4 Å². The van der Waals surface area contributed by atoms with Gasteiger partial charge in [0.2, 0.25) is 5.91 Å². The molecule has 1 aromatic rings. The smallest absolute Gasteiger partial charge is 0.220 e. The van der Waals surface area contributed by atoms with Crippen LogP contribution < -0.4 is 15.8 Å². The van der Waals surface area contributed by atoms with Gasteiger partial charge in [0, 0.05) is 18.5 Å². The zero-order valence-corrected chi connectivity index (χ0v) is 12.8. The SMILES string of the molecule is CCCOc1cccc(CNC2CCC(C(N)=O)CC2)c1. The third-order valence-electron chi connectivity index (χ3n) is 4.10. The molecule has 1 saturated carbocycles. The molecule has 3 N–H and O–H groups in total. The summed E-state index contributed by atoms with van der Waals surface area (Å²) in [5.74, 6) is 0.872. The third kappa shape index (κ3) is 5.05. The van der Waals surface area contributed by atoms with E-state index in [-0.39, 0.29) is 11.8 Å². The van der Waals surface area contributed by atoms with Gasteiger partial charge in [-0.05, 0) is 49.8 Å². The summed E-state index contributed by atoms with van der Waals surface area (Å²) in [7, 11) is 0. The second-order valence-corrected chi connectivity index (χ2v) is 5.83. The van der Waals surface area contributed by atoms with Crippen LogP contribution >= 0.6 is 0 Å². The Bertz CT molecular complexity index is 454. The van der Waals surface area contributed by atoms with E-state index >= 15 is 0 Å². The topological polar surface area (TPSA) is 64.3 Å². The number of carbonyl (C=O) groups is 1. The zero-order valence-electron chi connectivity index (χ0n) is 12.8. The van der Waals surface area contributed by atoms with Crippen molar-refractivity contribution in [1.82, 2.24) is 5.32 Å². The molecule has 0 aliphatic heterocycles. The first kappa shape index (κ1) is 15.8. The molecule has 0 atom stereocenters. The lowest BCUT2D eigenvalue weighted by atomic mass is 9.85. The maximum Gasteiger partial charge on any atom is 0.220 e. The maximum absolute atomic E-state index is 11.2. The Hall–Kier alpha value is -1.55. The van der Waals surface area contributed by atoms with Crippen molar-refractivity contribution in [3.8, 4) is 5.75 Å². The molecule has 1 aliphatic carbocycles.